The van der Waals surface area contributed by atoms with Gasteiger partial charge in [0.25, 0.3) is 0 Å². The smallest absolute Gasteiger partial charge is 0.250 e. The van der Waals surface area contributed by atoms with E-state index in [1.54, 1.807) is 13.2 Å². The van der Waals surface area contributed by atoms with E-state index in [2.05, 4.69) is 41.5 Å². The standard InChI is InChI=1S/C21H20N2O2S/c1-15-4-3-5-17(12-15)13-19-14-22-21(26-19)23-20(24)11-8-16-6-9-18(25-2)10-7-16/h3-12,14H,13H2,1-2H3,(H,22,23,24)/b11-8+. The Hall–Kier alpha value is -2.92. The normalized spacial score (nSPS) is 10.8. The fourth-order valence-electron chi connectivity index (χ4n) is 2.50. The number of ether oxygens (including phenoxy) is 1. The van der Waals surface area contributed by atoms with Gasteiger partial charge in [0.15, 0.2) is 5.13 Å². The molecule has 0 saturated heterocycles. The maximum absolute atomic E-state index is 12.1. The Bertz CT molecular complexity index is 914. The average molecular weight is 364 g/mol. The number of methoxy groups -OCH3 is 1. The van der Waals surface area contributed by atoms with Gasteiger partial charge >= 0.3 is 0 Å². The van der Waals surface area contributed by atoms with E-state index >= 15 is 0 Å². The summed E-state index contributed by atoms with van der Waals surface area (Å²) in [7, 11) is 1.62. The molecular weight excluding hydrogens is 344 g/mol. The molecule has 3 aromatic rings. The second-order valence-corrected chi connectivity index (χ2v) is 7.01. The van der Waals surface area contributed by atoms with Crippen LogP contribution in [0, 0.1) is 6.92 Å². The number of anilines is 1. The Kier molecular flexibility index (Phi) is 5.81. The Morgan fingerprint density at radius 1 is 1.23 bits per heavy atom. The zero-order valence-corrected chi connectivity index (χ0v) is 15.5. The number of rotatable bonds is 6. The highest BCUT2D eigenvalue weighted by atomic mass is 32.1. The maximum Gasteiger partial charge on any atom is 0.250 e. The van der Waals surface area contributed by atoms with Crippen LogP contribution in [0.25, 0.3) is 6.08 Å². The number of carbonyl (C=O) groups is 1. The summed E-state index contributed by atoms with van der Waals surface area (Å²) < 4.78 is 5.11. The van der Waals surface area contributed by atoms with Crippen molar-refractivity contribution in [2.45, 2.75) is 13.3 Å². The molecule has 3 rings (SSSR count). The van der Waals surface area contributed by atoms with E-state index in [0.29, 0.717) is 5.13 Å². The SMILES string of the molecule is COc1ccc(/C=C/C(=O)Nc2ncc(Cc3cccc(C)c3)s2)cc1. The van der Waals surface area contributed by atoms with Gasteiger partial charge in [0, 0.05) is 23.6 Å². The summed E-state index contributed by atoms with van der Waals surface area (Å²) in [6.45, 7) is 2.08. The first-order valence-corrected chi connectivity index (χ1v) is 9.07. The molecule has 5 heteroatoms. The lowest BCUT2D eigenvalue weighted by molar-refractivity contribution is -0.111. The lowest BCUT2D eigenvalue weighted by Crippen LogP contribution is -2.07. The number of carbonyl (C=O) groups excluding carboxylic acids is 1. The Morgan fingerprint density at radius 2 is 2.04 bits per heavy atom. The molecule has 0 unspecified atom stereocenters. The van der Waals surface area contributed by atoms with Crippen molar-refractivity contribution in [3.63, 3.8) is 0 Å². The third-order valence-corrected chi connectivity index (χ3v) is 4.70. The van der Waals surface area contributed by atoms with Crippen LogP contribution in [0.4, 0.5) is 5.13 Å². The minimum Gasteiger partial charge on any atom is -0.497 e. The number of aromatic nitrogens is 1. The number of thiazole rings is 1. The first kappa shape index (κ1) is 17.9. The monoisotopic (exact) mass is 364 g/mol. The number of nitrogens with zero attached hydrogens (tertiary/aromatic N) is 1. The minimum absolute atomic E-state index is 0.197. The van der Waals surface area contributed by atoms with Gasteiger partial charge in [0.1, 0.15) is 5.75 Å². The largest absolute Gasteiger partial charge is 0.497 e. The second-order valence-electron chi connectivity index (χ2n) is 5.89. The zero-order chi connectivity index (χ0) is 18.4. The Labute approximate surface area is 157 Å². The molecule has 1 amide bonds. The summed E-state index contributed by atoms with van der Waals surface area (Å²) in [6.07, 6.45) is 5.90. The molecule has 4 nitrogen and oxygen atoms in total. The highest BCUT2D eigenvalue weighted by molar-refractivity contribution is 7.15. The van der Waals surface area contributed by atoms with Crippen LogP contribution in [-0.2, 0) is 11.2 Å². The van der Waals surface area contributed by atoms with Crippen LogP contribution in [0.1, 0.15) is 21.6 Å². The molecule has 0 aliphatic heterocycles. The van der Waals surface area contributed by atoms with Gasteiger partial charge in [0.05, 0.1) is 7.11 Å². The molecular formula is C21H20N2O2S. The van der Waals surface area contributed by atoms with Crippen molar-refractivity contribution in [2.75, 3.05) is 12.4 Å². The molecule has 0 spiro atoms. The number of nitrogens with one attached hydrogen (secondary N) is 1. The quantitative estimate of drug-likeness (QED) is 0.645. The Balaban J connectivity index is 1.57. The van der Waals surface area contributed by atoms with Gasteiger partial charge in [-0.05, 0) is 36.3 Å². The van der Waals surface area contributed by atoms with Crippen LogP contribution in [0.15, 0.2) is 60.8 Å². The van der Waals surface area contributed by atoms with Gasteiger partial charge in [-0.3, -0.25) is 10.1 Å². The van der Waals surface area contributed by atoms with E-state index < -0.39 is 0 Å². The van der Waals surface area contributed by atoms with Gasteiger partial charge in [-0.2, -0.15) is 0 Å². The van der Waals surface area contributed by atoms with Crippen LogP contribution in [-0.4, -0.2) is 18.0 Å². The second kappa shape index (κ2) is 8.45. The molecule has 26 heavy (non-hydrogen) atoms. The predicted molar refractivity (Wildman–Crippen MR) is 107 cm³/mol. The van der Waals surface area contributed by atoms with Crippen molar-refractivity contribution in [2.24, 2.45) is 0 Å². The van der Waals surface area contributed by atoms with Gasteiger partial charge in [0.2, 0.25) is 5.91 Å². The molecule has 1 heterocycles. The summed E-state index contributed by atoms with van der Waals surface area (Å²) in [5.41, 5.74) is 3.41. The average Bonchev–Trinajstić information content (AvgIpc) is 3.07. The van der Waals surface area contributed by atoms with E-state index in [0.717, 1.165) is 22.6 Å². The van der Waals surface area contributed by atoms with E-state index in [1.165, 1.54) is 28.5 Å². The lowest BCUT2D eigenvalue weighted by Gasteiger charge is -2.00. The van der Waals surface area contributed by atoms with Crippen LogP contribution in [0.3, 0.4) is 0 Å². The summed E-state index contributed by atoms with van der Waals surface area (Å²) in [5, 5.41) is 3.42. The first-order chi connectivity index (χ1) is 12.6. The minimum atomic E-state index is -0.197. The molecule has 0 atom stereocenters. The molecule has 2 aromatic carbocycles. The van der Waals surface area contributed by atoms with E-state index in [9.17, 15) is 4.79 Å². The zero-order valence-electron chi connectivity index (χ0n) is 14.7. The third-order valence-electron chi connectivity index (χ3n) is 3.79. The van der Waals surface area contributed by atoms with Crippen molar-refractivity contribution in [3.05, 3.63) is 82.4 Å². The van der Waals surface area contributed by atoms with Crippen molar-refractivity contribution < 1.29 is 9.53 Å². The van der Waals surface area contributed by atoms with Crippen molar-refractivity contribution in [1.82, 2.24) is 4.98 Å². The number of hydrogen-bond donors (Lipinski definition) is 1. The number of hydrogen-bond acceptors (Lipinski definition) is 4. The fraction of sp³-hybridized carbons (Fsp3) is 0.143. The highest BCUT2D eigenvalue weighted by Crippen LogP contribution is 2.21. The van der Waals surface area contributed by atoms with Gasteiger partial charge < -0.3 is 4.74 Å². The Morgan fingerprint density at radius 3 is 2.77 bits per heavy atom. The van der Waals surface area contributed by atoms with Crippen LogP contribution < -0.4 is 10.1 Å². The van der Waals surface area contributed by atoms with Crippen molar-refractivity contribution >= 4 is 28.5 Å². The fourth-order valence-corrected chi connectivity index (χ4v) is 3.35. The topological polar surface area (TPSA) is 51.2 Å². The van der Waals surface area contributed by atoms with Crippen LogP contribution in [0.5, 0.6) is 5.75 Å². The number of aryl methyl sites for hydroxylation is 1. The summed E-state index contributed by atoms with van der Waals surface area (Å²) >= 11 is 1.50. The van der Waals surface area contributed by atoms with Crippen LogP contribution in [0.2, 0.25) is 0 Å². The van der Waals surface area contributed by atoms with Crippen LogP contribution >= 0.6 is 11.3 Å². The molecule has 0 saturated carbocycles. The predicted octanol–water partition coefficient (Wildman–Crippen LogP) is 4.70. The van der Waals surface area contributed by atoms with Crippen molar-refractivity contribution in [3.8, 4) is 5.75 Å². The van der Waals surface area contributed by atoms with Gasteiger partial charge in [-0.25, -0.2) is 4.98 Å². The van der Waals surface area contributed by atoms with E-state index in [-0.39, 0.29) is 5.91 Å². The molecule has 0 aliphatic carbocycles. The molecule has 0 fully saturated rings. The molecule has 0 bridgehead atoms. The summed E-state index contributed by atoms with van der Waals surface area (Å²) in [5.74, 6) is 0.591. The molecule has 0 aliphatic rings. The van der Waals surface area contributed by atoms with Crippen molar-refractivity contribution in [1.29, 1.82) is 0 Å². The van der Waals surface area contributed by atoms with Gasteiger partial charge in [-0.1, -0.05) is 42.0 Å². The first-order valence-electron chi connectivity index (χ1n) is 8.26. The third kappa shape index (κ3) is 5.04. The summed E-state index contributed by atoms with van der Waals surface area (Å²) in [6, 6.07) is 15.9. The number of amides is 1. The molecule has 132 valence electrons. The molecule has 1 N–H and O–H groups in total. The van der Waals surface area contributed by atoms with E-state index in [4.69, 9.17) is 4.74 Å². The number of benzene rings is 2. The van der Waals surface area contributed by atoms with E-state index in [1.807, 2.05) is 30.5 Å². The lowest BCUT2D eigenvalue weighted by atomic mass is 10.1. The van der Waals surface area contributed by atoms with Gasteiger partial charge in [-0.15, -0.1) is 11.3 Å². The maximum atomic E-state index is 12.1. The highest BCUT2D eigenvalue weighted by Gasteiger charge is 2.05. The molecule has 0 radical (unpaired) electrons. The summed E-state index contributed by atoms with van der Waals surface area (Å²) in [4.78, 5) is 17.5. The molecule has 1 aromatic heterocycles.